The van der Waals surface area contributed by atoms with Crippen LogP contribution in [0.1, 0.15) is 39.2 Å². The lowest BCUT2D eigenvalue weighted by atomic mass is 10.1. The summed E-state index contributed by atoms with van der Waals surface area (Å²) in [5, 5.41) is 4.32. The third-order valence-electron chi connectivity index (χ3n) is 5.56. The van der Waals surface area contributed by atoms with Crippen molar-refractivity contribution in [1.82, 2.24) is 9.80 Å². The van der Waals surface area contributed by atoms with Crippen LogP contribution in [-0.4, -0.2) is 73.9 Å². The van der Waals surface area contributed by atoms with Crippen molar-refractivity contribution in [2.75, 3.05) is 62.6 Å². The Morgan fingerprint density at radius 2 is 1.76 bits per heavy atom. The molecule has 7 heteroatoms. The number of carbonyl (C=O) groups excluding carboxylic acids is 1. The zero-order valence-electron chi connectivity index (χ0n) is 18.3. The molecule has 6 nitrogen and oxygen atoms in total. The molecule has 162 valence electrons. The number of benzene rings is 1. The van der Waals surface area contributed by atoms with Crippen molar-refractivity contribution in [3.8, 4) is 0 Å². The van der Waals surface area contributed by atoms with Gasteiger partial charge in [0, 0.05) is 55.7 Å². The first-order valence-electron chi connectivity index (χ1n) is 10.7. The molecule has 0 radical (unpaired) electrons. The molecule has 2 fully saturated rings. The van der Waals surface area contributed by atoms with Crippen molar-refractivity contribution < 1.29 is 9.53 Å². The van der Waals surface area contributed by atoms with Crippen LogP contribution < -0.4 is 10.2 Å². The lowest BCUT2D eigenvalue weighted by Crippen LogP contribution is -2.50. The Balaban J connectivity index is 1.59. The summed E-state index contributed by atoms with van der Waals surface area (Å²) in [6.45, 7) is 15.1. The zero-order valence-corrected chi connectivity index (χ0v) is 19.0. The number of rotatable bonds is 5. The first-order chi connectivity index (χ1) is 13.7. The van der Waals surface area contributed by atoms with E-state index in [1.54, 1.807) is 4.90 Å². The normalized spacial score (nSPS) is 18.2. The highest BCUT2D eigenvalue weighted by atomic mass is 35.5. The van der Waals surface area contributed by atoms with E-state index in [0.29, 0.717) is 13.1 Å². The summed E-state index contributed by atoms with van der Waals surface area (Å²) >= 11 is 6.44. The van der Waals surface area contributed by atoms with E-state index in [2.05, 4.69) is 22.0 Å². The molecule has 0 saturated carbocycles. The van der Waals surface area contributed by atoms with E-state index in [-0.39, 0.29) is 6.09 Å². The standard InChI is InChI=1S/C22H35ClN4O2/c1-17-19(24-7-10-25-8-5-6-9-25)15-18(23)16-20(17)26-11-13-27(14-12-26)21(28)29-22(2,3)4/h15-16,24H,5-14H2,1-4H3. The lowest BCUT2D eigenvalue weighted by Gasteiger charge is -2.37. The fourth-order valence-corrected chi connectivity index (χ4v) is 4.20. The monoisotopic (exact) mass is 422 g/mol. The van der Waals surface area contributed by atoms with Crippen molar-refractivity contribution in [3.63, 3.8) is 0 Å². The Morgan fingerprint density at radius 1 is 1.10 bits per heavy atom. The maximum Gasteiger partial charge on any atom is 0.410 e. The van der Waals surface area contributed by atoms with Crippen LogP contribution in [-0.2, 0) is 4.74 Å². The highest BCUT2D eigenvalue weighted by Crippen LogP contribution is 2.32. The van der Waals surface area contributed by atoms with Gasteiger partial charge in [0.25, 0.3) is 0 Å². The summed E-state index contributed by atoms with van der Waals surface area (Å²) in [7, 11) is 0. The molecule has 3 rings (SSSR count). The number of likely N-dealkylation sites (tertiary alicyclic amines) is 1. The summed E-state index contributed by atoms with van der Waals surface area (Å²) in [5.74, 6) is 0. The predicted octanol–water partition coefficient (Wildman–Crippen LogP) is 4.21. The van der Waals surface area contributed by atoms with Crippen LogP contribution in [0, 0.1) is 6.92 Å². The van der Waals surface area contributed by atoms with Crippen LogP contribution in [0.3, 0.4) is 0 Å². The minimum Gasteiger partial charge on any atom is -0.444 e. The molecule has 0 atom stereocenters. The van der Waals surface area contributed by atoms with E-state index < -0.39 is 5.60 Å². The molecule has 2 saturated heterocycles. The van der Waals surface area contributed by atoms with Crippen LogP contribution in [0.15, 0.2) is 12.1 Å². The van der Waals surface area contributed by atoms with Gasteiger partial charge in [-0.2, -0.15) is 0 Å². The molecule has 1 aromatic carbocycles. The van der Waals surface area contributed by atoms with E-state index in [1.807, 2.05) is 32.9 Å². The number of piperazine rings is 1. The number of carbonyl (C=O) groups is 1. The number of hydrogen-bond donors (Lipinski definition) is 1. The van der Waals surface area contributed by atoms with Gasteiger partial charge in [0.2, 0.25) is 0 Å². The fraction of sp³-hybridized carbons (Fsp3) is 0.682. The molecule has 1 N–H and O–H groups in total. The van der Waals surface area contributed by atoms with Gasteiger partial charge < -0.3 is 24.8 Å². The summed E-state index contributed by atoms with van der Waals surface area (Å²) in [6, 6.07) is 4.05. The topological polar surface area (TPSA) is 48.0 Å². The molecule has 0 aromatic heterocycles. The van der Waals surface area contributed by atoms with Crippen LogP contribution >= 0.6 is 11.6 Å². The number of nitrogens with one attached hydrogen (secondary N) is 1. The molecule has 0 unspecified atom stereocenters. The molecule has 0 aliphatic carbocycles. The third-order valence-corrected chi connectivity index (χ3v) is 5.78. The minimum absolute atomic E-state index is 0.232. The molecule has 2 heterocycles. The Kier molecular flexibility index (Phi) is 7.17. The zero-order chi connectivity index (χ0) is 21.0. The largest absolute Gasteiger partial charge is 0.444 e. The van der Waals surface area contributed by atoms with Crippen molar-refractivity contribution in [2.24, 2.45) is 0 Å². The van der Waals surface area contributed by atoms with Gasteiger partial charge in [-0.3, -0.25) is 0 Å². The fourth-order valence-electron chi connectivity index (χ4n) is 3.99. The summed E-state index contributed by atoms with van der Waals surface area (Å²) in [6.07, 6.45) is 2.40. The van der Waals surface area contributed by atoms with Crippen molar-refractivity contribution >= 4 is 29.1 Å². The Bertz CT molecular complexity index is 705. The SMILES string of the molecule is Cc1c(NCCN2CCCC2)cc(Cl)cc1N1CCN(C(=O)OC(C)(C)C)CC1. The van der Waals surface area contributed by atoms with Gasteiger partial charge in [0.1, 0.15) is 5.60 Å². The van der Waals surface area contributed by atoms with Gasteiger partial charge >= 0.3 is 6.09 Å². The van der Waals surface area contributed by atoms with E-state index in [1.165, 1.54) is 31.5 Å². The first-order valence-corrected chi connectivity index (χ1v) is 11.1. The molecular formula is C22H35ClN4O2. The van der Waals surface area contributed by atoms with Gasteiger partial charge in [0.15, 0.2) is 0 Å². The number of halogens is 1. The van der Waals surface area contributed by atoms with Gasteiger partial charge in [0.05, 0.1) is 0 Å². The third kappa shape index (κ3) is 6.16. The predicted molar refractivity (Wildman–Crippen MR) is 120 cm³/mol. The van der Waals surface area contributed by atoms with Crippen molar-refractivity contribution in [2.45, 2.75) is 46.1 Å². The summed E-state index contributed by atoms with van der Waals surface area (Å²) < 4.78 is 5.50. The quantitative estimate of drug-likeness (QED) is 0.770. The van der Waals surface area contributed by atoms with Gasteiger partial charge in [-0.1, -0.05) is 11.6 Å². The lowest BCUT2D eigenvalue weighted by molar-refractivity contribution is 0.0240. The number of hydrogen-bond acceptors (Lipinski definition) is 5. The molecule has 0 spiro atoms. The maximum atomic E-state index is 12.3. The second kappa shape index (κ2) is 9.43. The van der Waals surface area contributed by atoms with E-state index in [4.69, 9.17) is 16.3 Å². The van der Waals surface area contributed by atoms with Crippen LogP contribution in [0.4, 0.5) is 16.2 Å². The Hall–Kier alpha value is -1.66. The average Bonchev–Trinajstić information content (AvgIpc) is 3.16. The smallest absolute Gasteiger partial charge is 0.410 e. The molecule has 29 heavy (non-hydrogen) atoms. The summed E-state index contributed by atoms with van der Waals surface area (Å²) in [5.41, 5.74) is 2.99. The van der Waals surface area contributed by atoms with Gasteiger partial charge in [-0.15, -0.1) is 0 Å². The second-order valence-electron chi connectivity index (χ2n) is 9.03. The molecule has 2 aliphatic heterocycles. The highest BCUT2D eigenvalue weighted by Gasteiger charge is 2.27. The van der Waals surface area contributed by atoms with Crippen LogP contribution in [0.2, 0.25) is 5.02 Å². The van der Waals surface area contributed by atoms with Crippen molar-refractivity contribution in [1.29, 1.82) is 0 Å². The maximum absolute atomic E-state index is 12.3. The number of ether oxygens (including phenoxy) is 1. The van der Waals surface area contributed by atoms with E-state index in [9.17, 15) is 4.79 Å². The number of amides is 1. The molecular weight excluding hydrogens is 388 g/mol. The average molecular weight is 423 g/mol. The number of nitrogens with zero attached hydrogens (tertiary/aromatic N) is 3. The molecule has 2 aliphatic rings. The van der Waals surface area contributed by atoms with Crippen LogP contribution in [0.25, 0.3) is 0 Å². The molecule has 0 bridgehead atoms. The summed E-state index contributed by atoms with van der Waals surface area (Å²) in [4.78, 5) is 18.9. The highest BCUT2D eigenvalue weighted by molar-refractivity contribution is 6.31. The van der Waals surface area contributed by atoms with Gasteiger partial charge in [-0.05, 0) is 71.3 Å². The Labute approximate surface area is 180 Å². The molecule has 1 amide bonds. The van der Waals surface area contributed by atoms with Crippen molar-refractivity contribution in [3.05, 3.63) is 22.7 Å². The Morgan fingerprint density at radius 3 is 2.38 bits per heavy atom. The molecule has 1 aromatic rings. The first kappa shape index (κ1) is 22.0. The minimum atomic E-state index is -0.465. The number of anilines is 2. The van der Waals surface area contributed by atoms with E-state index in [0.717, 1.165) is 42.6 Å². The second-order valence-corrected chi connectivity index (χ2v) is 9.46. The van der Waals surface area contributed by atoms with Gasteiger partial charge in [-0.25, -0.2) is 4.79 Å². The van der Waals surface area contributed by atoms with E-state index >= 15 is 0 Å². The van der Waals surface area contributed by atoms with Crippen LogP contribution in [0.5, 0.6) is 0 Å².